The molecule has 0 aliphatic carbocycles. The monoisotopic (exact) mass is 354 g/mol. The molecule has 0 spiro atoms. The first-order valence-corrected chi connectivity index (χ1v) is 9.07. The highest BCUT2D eigenvalue weighted by Gasteiger charge is 2.16. The second-order valence-corrected chi connectivity index (χ2v) is 7.36. The fraction of sp³-hybridized carbons (Fsp3) is 0.143. The zero-order valence-electron chi connectivity index (χ0n) is 12.3. The van der Waals surface area contributed by atoms with E-state index < -0.39 is 21.9 Å². The van der Waals surface area contributed by atoms with Crippen LogP contribution in [0.2, 0.25) is 0 Å². The van der Waals surface area contributed by atoms with E-state index in [0.29, 0.717) is 15.4 Å². The topological polar surface area (TPSA) is 102 Å². The predicted octanol–water partition coefficient (Wildman–Crippen LogP) is 2.16. The number of anilines is 2. The van der Waals surface area contributed by atoms with Crippen LogP contribution in [0.3, 0.4) is 0 Å². The quantitative estimate of drug-likeness (QED) is 0.801. The summed E-state index contributed by atoms with van der Waals surface area (Å²) in [6.07, 6.45) is 1.02. The summed E-state index contributed by atoms with van der Waals surface area (Å²) >= 11 is 0.987. The number of amides is 1. The summed E-state index contributed by atoms with van der Waals surface area (Å²) < 4.78 is 29.6. The molecule has 0 aliphatic heterocycles. The molecule has 1 aromatic heterocycles. The molecule has 0 aliphatic rings. The van der Waals surface area contributed by atoms with Crippen molar-refractivity contribution in [3.8, 4) is 0 Å². The van der Waals surface area contributed by atoms with Gasteiger partial charge < -0.3 is 10.1 Å². The molecule has 2 N–H and O–H groups in total. The van der Waals surface area contributed by atoms with Gasteiger partial charge in [0.1, 0.15) is 4.88 Å². The molecule has 0 atom stereocenters. The molecule has 0 saturated heterocycles. The fourth-order valence-electron chi connectivity index (χ4n) is 1.73. The highest BCUT2D eigenvalue weighted by Crippen LogP contribution is 2.24. The van der Waals surface area contributed by atoms with Crippen LogP contribution in [0.25, 0.3) is 0 Å². The second-order valence-electron chi connectivity index (χ2n) is 4.53. The van der Waals surface area contributed by atoms with E-state index in [9.17, 15) is 18.0 Å². The number of methoxy groups -OCH3 is 1. The maximum Gasteiger partial charge on any atom is 0.348 e. The number of esters is 1. The maximum absolute atomic E-state index is 12.2. The normalized spacial score (nSPS) is 10.9. The molecule has 2 aromatic rings. The summed E-state index contributed by atoms with van der Waals surface area (Å²) in [5, 5.41) is 2.61. The molecular formula is C14H14N2O5S2. The van der Waals surface area contributed by atoms with Crippen LogP contribution in [-0.2, 0) is 14.8 Å². The summed E-state index contributed by atoms with van der Waals surface area (Å²) in [4.78, 5) is 24.2. The van der Waals surface area contributed by atoms with Gasteiger partial charge in [-0.3, -0.25) is 9.52 Å². The molecule has 23 heavy (non-hydrogen) atoms. The lowest BCUT2D eigenvalue weighted by atomic mass is 10.2. The molecule has 0 bridgehead atoms. The molecule has 1 aromatic carbocycles. The Morgan fingerprint density at radius 3 is 2.26 bits per heavy atom. The van der Waals surface area contributed by atoms with Gasteiger partial charge in [-0.05, 0) is 24.3 Å². The van der Waals surface area contributed by atoms with Crippen LogP contribution in [0.15, 0.2) is 36.4 Å². The number of carbonyl (C=O) groups is 2. The highest BCUT2D eigenvalue weighted by atomic mass is 32.2. The molecule has 1 amide bonds. The zero-order chi connectivity index (χ0) is 17.0. The molecule has 0 saturated carbocycles. The number of thiophene rings is 1. The standard InChI is InChI=1S/C14H14N2O5S2/c1-21-14(18)12-8-7-11(22-12)13(17)15-9-5-3-4-6-10(9)16-23(2,19)20/h3-8,16H,1-2H3,(H,15,17). The Hall–Kier alpha value is -2.39. The van der Waals surface area contributed by atoms with Crippen molar-refractivity contribution in [2.45, 2.75) is 0 Å². The molecular weight excluding hydrogens is 340 g/mol. The number of rotatable bonds is 5. The lowest BCUT2D eigenvalue weighted by Crippen LogP contribution is -2.15. The van der Waals surface area contributed by atoms with Crippen LogP contribution in [0.1, 0.15) is 19.3 Å². The largest absolute Gasteiger partial charge is 0.465 e. The van der Waals surface area contributed by atoms with E-state index in [1.165, 1.54) is 25.3 Å². The fourth-order valence-corrected chi connectivity index (χ4v) is 3.13. The number of sulfonamides is 1. The summed E-state index contributed by atoms with van der Waals surface area (Å²) in [6, 6.07) is 9.40. The van der Waals surface area contributed by atoms with Crippen molar-refractivity contribution in [3.63, 3.8) is 0 Å². The molecule has 1 heterocycles. The molecule has 7 nitrogen and oxygen atoms in total. The lowest BCUT2D eigenvalue weighted by molar-refractivity contribution is 0.0606. The smallest absolute Gasteiger partial charge is 0.348 e. The van der Waals surface area contributed by atoms with Crippen molar-refractivity contribution in [1.82, 2.24) is 0 Å². The van der Waals surface area contributed by atoms with Crippen LogP contribution in [0.5, 0.6) is 0 Å². The van der Waals surface area contributed by atoms with Crippen LogP contribution >= 0.6 is 11.3 Å². The minimum Gasteiger partial charge on any atom is -0.465 e. The second kappa shape index (κ2) is 6.80. The summed E-state index contributed by atoms with van der Waals surface area (Å²) in [7, 11) is -2.21. The van der Waals surface area contributed by atoms with Gasteiger partial charge in [0.15, 0.2) is 0 Å². The van der Waals surface area contributed by atoms with Gasteiger partial charge in [0.05, 0.1) is 29.6 Å². The third kappa shape index (κ3) is 4.54. The maximum atomic E-state index is 12.2. The molecule has 9 heteroatoms. The van der Waals surface area contributed by atoms with E-state index in [2.05, 4.69) is 14.8 Å². The van der Waals surface area contributed by atoms with Gasteiger partial charge in [-0.1, -0.05) is 12.1 Å². The summed E-state index contributed by atoms with van der Waals surface area (Å²) in [5.41, 5.74) is 0.573. The van der Waals surface area contributed by atoms with Gasteiger partial charge in [-0.25, -0.2) is 13.2 Å². The van der Waals surface area contributed by atoms with Crippen molar-refractivity contribution in [2.75, 3.05) is 23.4 Å². The molecule has 2 rings (SSSR count). The van der Waals surface area contributed by atoms with Gasteiger partial charge in [0.2, 0.25) is 10.0 Å². The SMILES string of the molecule is COC(=O)c1ccc(C(=O)Nc2ccccc2NS(C)(=O)=O)s1. The minimum absolute atomic E-state index is 0.257. The van der Waals surface area contributed by atoms with E-state index in [0.717, 1.165) is 17.6 Å². The van der Waals surface area contributed by atoms with Gasteiger partial charge >= 0.3 is 5.97 Å². The van der Waals surface area contributed by atoms with E-state index in [1.54, 1.807) is 18.2 Å². The number of carbonyl (C=O) groups excluding carboxylic acids is 2. The van der Waals surface area contributed by atoms with Crippen LogP contribution < -0.4 is 10.0 Å². The highest BCUT2D eigenvalue weighted by molar-refractivity contribution is 7.92. The number of ether oxygens (including phenoxy) is 1. The Labute approximate surface area is 137 Å². The number of nitrogens with one attached hydrogen (secondary N) is 2. The van der Waals surface area contributed by atoms with E-state index in [4.69, 9.17) is 0 Å². The Morgan fingerprint density at radius 1 is 1.04 bits per heavy atom. The van der Waals surface area contributed by atoms with Gasteiger partial charge in [0.25, 0.3) is 5.91 Å². The predicted molar refractivity (Wildman–Crippen MR) is 88.5 cm³/mol. The van der Waals surface area contributed by atoms with Crippen LogP contribution in [0.4, 0.5) is 11.4 Å². The van der Waals surface area contributed by atoms with Crippen molar-refractivity contribution in [2.24, 2.45) is 0 Å². The first kappa shape index (κ1) is 17.0. The van der Waals surface area contributed by atoms with Crippen molar-refractivity contribution in [3.05, 3.63) is 46.2 Å². The Bertz CT molecular complexity index is 842. The Kier molecular flexibility index (Phi) is 5.02. The first-order valence-electron chi connectivity index (χ1n) is 6.36. The Balaban J connectivity index is 2.21. The first-order chi connectivity index (χ1) is 10.8. The van der Waals surface area contributed by atoms with E-state index >= 15 is 0 Å². The van der Waals surface area contributed by atoms with E-state index in [1.807, 2.05) is 0 Å². The van der Waals surface area contributed by atoms with E-state index in [-0.39, 0.29) is 5.69 Å². The van der Waals surface area contributed by atoms with Crippen molar-refractivity contribution < 1.29 is 22.7 Å². The number of benzene rings is 1. The van der Waals surface area contributed by atoms with Crippen LogP contribution in [0, 0.1) is 0 Å². The van der Waals surface area contributed by atoms with Crippen LogP contribution in [-0.4, -0.2) is 33.7 Å². The minimum atomic E-state index is -3.47. The Morgan fingerprint density at radius 2 is 1.65 bits per heavy atom. The van der Waals surface area contributed by atoms with Gasteiger partial charge in [0, 0.05) is 0 Å². The number of hydrogen-bond acceptors (Lipinski definition) is 6. The third-order valence-corrected chi connectivity index (χ3v) is 4.34. The lowest BCUT2D eigenvalue weighted by Gasteiger charge is -2.11. The third-order valence-electron chi connectivity index (χ3n) is 2.69. The molecule has 122 valence electrons. The van der Waals surface area contributed by atoms with Crippen molar-refractivity contribution >= 4 is 44.6 Å². The molecule has 0 unspecified atom stereocenters. The summed E-state index contributed by atoms with van der Waals surface area (Å²) in [6.45, 7) is 0. The molecule has 0 fully saturated rings. The molecule has 0 radical (unpaired) electrons. The zero-order valence-corrected chi connectivity index (χ0v) is 14.0. The number of para-hydroxylation sites is 2. The van der Waals surface area contributed by atoms with Crippen molar-refractivity contribution in [1.29, 1.82) is 0 Å². The average molecular weight is 354 g/mol. The average Bonchev–Trinajstić information content (AvgIpc) is 2.97. The number of hydrogen-bond donors (Lipinski definition) is 2. The van der Waals surface area contributed by atoms with Gasteiger partial charge in [-0.15, -0.1) is 11.3 Å². The summed E-state index contributed by atoms with van der Waals surface area (Å²) in [5.74, 6) is -0.971. The van der Waals surface area contributed by atoms with Gasteiger partial charge in [-0.2, -0.15) is 0 Å².